The van der Waals surface area contributed by atoms with Crippen molar-refractivity contribution >= 4 is 23.3 Å². The topological polar surface area (TPSA) is 125 Å². The average Bonchev–Trinajstić information content (AvgIpc) is 2.41. The lowest BCUT2D eigenvalue weighted by Crippen LogP contribution is -2.36. The quantitative estimate of drug-likeness (QED) is 0.361. The van der Waals surface area contributed by atoms with E-state index in [0.717, 1.165) is 18.2 Å². The number of anilines is 1. The Morgan fingerprint density at radius 2 is 2.00 bits per heavy atom. The lowest BCUT2D eigenvalue weighted by Gasteiger charge is -2.09. The molecule has 1 amide bonds. The molecule has 8 nitrogen and oxygen atoms in total. The summed E-state index contributed by atoms with van der Waals surface area (Å²) in [6, 6.07) is 2.93. The molecule has 0 fully saturated rings. The van der Waals surface area contributed by atoms with E-state index in [0.29, 0.717) is 0 Å². The van der Waals surface area contributed by atoms with Gasteiger partial charge < -0.3 is 15.8 Å². The van der Waals surface area contributed by atoms with Crippen LogP contribution in [0.15, 0.2) is 18.2 Å². The monoisotopic (exact) mass is 321 g/mol. The Hall–Kier alpha value is -2.85. The maximum atomic E-state index is 11.8. The number of nitrogens with two attached hydrogens (primary N) is 1. The van der Waals surface area contributed by atoms with Crippen LogP contribution in [0.5, 0.6) is 0 Å². The van der Waals surface area contributed by atoms with Crippen LogP contribution < -0.4 is 11.1 Å². The largest absolute Gasteiger partial charge is 0.452 e. The van der Waals surface area contributed by atoms with Gasteiger partial charge in [0.15, 0.2) is 6.61 Å². The van der Waals surface area contributed by atoms with Crippen LogP contribution in [-0.2, 0) is 9.53 Å². The van der Waals surface area contributed by atoms with Gasteiger partial charge in [-0.05, 0) is 6.07 Å². The fourth-order valence-corrected chi connectivity index (χ4v) is 1.31. The number of benzene rings is 1. The predicted octanol–water partition coefficient (Wildman–Crippen LogP) is 1.01. The van der Waals surface area contributed by atoms with E-state index in [2.05, 4.69) is 4.74 Å². The van der Waals surface area contributed by atoms with Crippen LogP contribution in [0.25, 0.3) is 0 Å². The maximum Gasteiger partial charge on any atom is 0.405 e. The molecule has 120 valence electrons. The lowest BCUT2D eigenvalue weighted by molar-refractivity contribution is -0.384. The van der Waals surface area contributed by atoms with Gasteiger partial charge in [0.2, 0.25) is 0 Å². The molecule has 0 heterocycles. The van der Waals surface area contributed by atoms with Crippen molar-refractivity contribution in [2.45, 2.75) is 6.18 Å². The number of hydrogen-bond acceptors (Lipinski definition) is 6. The molecule has 0 atom stereocenters. The standard InChI is InChI=1S/C11H10F3N3O5/c12-11(13,14)5-16-9(18)4-22-10(19)7-2-1-6(17(20)21)3-8(7)15/h1-3H,4-5,15H2,(H,16,18). The van der Waals surface area contributed by atoms with Gasteiger partial charge in [0.1, 0.15) is 6.54 Å². The molecule has 11 heteroatoms. The first-order valence-corrected chi connectivity index (χ1v) is 5.64. The first kappa shape index (κ1) is 17.2. The lowest BCUT2D eigenvalue weighted by atomic mass is 10.1. The molecule has 0 aliphatic carbocycles. The van der Waals surface area contributed by atoms with Crippen molar-refractivity contribution in [3.63, 3.8) is 0 Å². The van der Waals surface area contributed by atoms with Crippen molar-refractivity contribution in [2.24, 2.45) is 0 Å². The molecular formula is C11H10F3N3O5. The highest BCUT2D eigenvalue weighted by Crippen LogP contribution is 2.20. The zero-order valence-electron chi connectivity index (χ0n) is 10.8. The smallest absolute Gasteiger partial charge is 0.405 e. The highest BCUT2D eigenvalue weighted by Gasteiger charge is 2.28. The highest BCUT2D eigenvalue weighted by atomic mass is 19.4. The van der Waals surface area contributed by atoms with Crippen LogP contribution in [0.2, 0.25) is 0 Å². The van der Waals surface area contributed by atoms with E-state index in [1.54, 1.807) is 0 Å². The van der Waals surface area contributed by atoms with Crippen LogP contribution in [-0.4, -0.2) is 36.1 Å². The number of nitro groups is 1. The number of halogens is 3. The molecule has 0 aromatic heterocycles. The van der Waals surface area contributed by atoms with Crippen LogP contribution in [0.3, 0.4) is 0 Å². The number of alkyl halides is 3. The Morgan fingerprint density at radius 3 is 2.50 bits per heavy atom. The molecule has 0 bridgehead atoms. The van der Waals surface area contributed by atoms with Crippen molar-refractivity contribution in [1.29, 1.82) is 0 Å². The number of nitrogens with one attached hydrogen (secondary N) is 1. The SMILES string of the molecule is Nc1cc([N+](=O)[O-])ccc1C(=O)OCC(=O)NCC(F)(F)F. The Bertz CT molecular complexity index is 603. The van der Waals surface area contributed by atoms with Gasteiger partial charge in [-0.1, -0.05) is 0 Å². The van der Waals surface area contributed by atoms with Gasteiger partial charge in [0.05, 0.1) is 16.2 Å². The Morgan fingerprint density at radius 1 is 1.36 bits per heavy atom. The van der Waals surface area contributed by atoms with E-state index in [4.69, 9.17) is 5.73 Å². The first-order valence-electron chi connectivity index (χ1n) is 5.64. The number of hydrogen-bond donors (Lipinski definition) is 2. The van der Waals surface area contributed by atoms with E-state index in [1.807, 2.05) is 0 Å². The Kier molecular flexibility index (Phi) is 5.27. The van der Waals surface area contributed by atoms with E-state index in [9.17, 15) is 32.9 Å². The number of carbonyl (C=O) groups excluding carboxylic acids is 2. The highest BCUT2D eigenvalue weighted by molar-refractivity contribution is 5.96. The number of ether oxygens (including phenoxy) is 1. The minimum atomic E-state index is -4.58. The van der Waals surface area contributed by atoms with Crippen molar-refractivity contribution in [1.82, 2.24) is 5.32 Å². The number of carbonyl (C=O) groups is 2. The number of rotatable bonds is 5. The van der Waals surface area contributed by atoms with Gasteiger partial charge in [0.25, 0.3) is 11.6 Å². The van der Waals surface area contributed by atoms with Crippen LogP contribution in [0, 0.1) is 10.1 Å². The van der Waals surface area contributed by atoms with Crippen molar-refractivity contribution in [3.8, 4) is 0 Å². The molecule has 0 unspecified atom stereocenters. The number of amides is 1. The molecule has 0 spiro atoms. The average molecular weight is 321 g/mol. The van der Waals surface area contributed by atoms with Gasteiger partial charge in [0, 0.05) is 12.1 Å². The summed E-state index contributed by atoms with van der Waals surface area (Å²) < 4.78 is 40.0. The molecule has 0 aliphatic heterocycles. The summed E-state index contributed by atoms with van der Waals surface area (Å²) in [7, 11) is 0. The van der Waals surface area contributed by atoms with Crippen molar-refractivity contribution in [2.75, 3.05) is 18.9 Å². The minimum absolute atomic E-state index is 0.241. The van der Waals surface area contributed by atoms with Crippen LogP contribution >= 0.6 is 0 Å². The van der Waals surface area contributed by atoms with Crippen LogP contribution in [0.1, 0.15) is 10.4 Å². The maximum absolute atomic E-state index is 11.8. The third-order valence-electron chi connectivity index (χ3n) is 2.29. The zero-order valence-corrected chi connectivity index (χ0v) is 10.8. The summed E-state index contributed by atoms with van der Waals surface area (Å²) in [4.78, 5) is 32.4. The number of nitro benzene ring substituents is 1. The summed E-state index contributed by atoms with van der Waals surface area (Å²) in [5, 5.41) is 12.0. The third-order valence-corrected chi connectivity index (χ3v) is 2.29. The molecule has 1 rings (SSSR count). The van der Waals surface area contributed by atoms with Crippen LogP contribution in [0.4, 0.5) is 24.5 Å². The minimum Gasteiger partial charge on any atom is -0.452 e. The Labute approximate surface area is 121 Å². The van der Waals surface area contributed by atoms with Gasteiger partial charge in [-0.25, -0.2) is 4.79 Å². The molecule has 22 heavy (non-hydrogen) atoms. The van der Waals surface area contributed by atoms with Crippen molar-refractivity contribution in [3.05, 3.63) is 33.9 Å². The second-order valence-electron chi connectivity index (χ2n) is 4.00. The second-order valence-corrected chi connectivity index (χ2v) is 4.00. The third kappa shape index (κ3) is 5.26. The van der Waals surface area contributed by atoms with E-state index >= 15 is 0 Å². The number of non-ortho nitro benzene ring substituents is 1. The molecule has 1 aromatic carbocycles. The second kappa shape index (κ2) is 6.74. The van der Waals surface area contributed by atoms with Crippen molar-refractivity contribution < 1.29 is 32.4 Å². The number of nitrogens with zero attached hydrogens (tertiary/aromatic N) is 1. The summed E-state index contributed by atoms with van der Waals surface area (Å²) in [5.41, 5.74) is 4.58. The fourth-order valence-electron chi connectivity index (χ4n) is 1.31. The molecule has 0 saturated heterocycles. The first-order chi connectivity index (χ1) is 10.1. The van der Waals surface area contributed by atoms with Gasteiger partial charge in [-0.15, -0.1) is 0 Å². The van der Waals surface area contributed by atoms with E-state index in [-0.39, 0.29) is 16.9 Å². The van der Waals surface area contributed by atoms with E-state index in [1.165, 1.54) is 5.32 Å². The summed E-state index contributed by atoms with van der Waals surface area (Å²) in [6.45, 7) is -2.49. The van der Waals surface area contributed by atoms with Gasteiger partial charge in [-0.3, -0.25) is 14.9 Å². The predicted molar refractivity (Wildman–Crippen MR) is 66.9 cm³/mol. The Balaban J connectivity index is 2.59. The fraction of sp³-hybridized carbons (Fsp3) is 0.273. The summed E-state index contributed by atoms with van der Waals surface area (Å²) >= 11 is 0. The zero-order chi connectivity index (χ0) is 16.9. The molecular weight excluding hydrogens is 311 g/mol. The molecule has 1 aromatic rings. The summed E-state index contributed by atoms with van der Waals surface area (Å²) in [6.07, 6.45) is -4.58. The summed E-state index contributed by atoms with van der Waals surface area (Å²) in [5.74, 6) is -2.24. The number of nitrogen functional groups attached to an aromatic ring is 1. The molecule has 0 saturated carbocycles. The molecule has 0 aliphatic rings. The number of esters is 1. The van der Waals surface area contributed by atoms with E-state index < -0.39 is 36.1 Å². The molecule has 0 radical (unpaired) electrons. The van der Waals surface area contributed by atoms with Gasteiger partial charge in [-0.2, -0.15) is 13.2 Å². The normalized spacial score (nSPS) is 10.9. The van der Waals surface area contributed by atoms with Gasteiger partial charge >= 0.3 is 12.1 Å². The molecule has 3 N–H and O–H groups in total.